The van der Waals surface area contributed by atoms with E-state index in [-0.39, 0.29) is 21.9 Å². The minimum Gasteiger partial charge on any atom is -0.492 e. The highest BCUT2D eigenvalue weighted by Crippen LogP contribution is 2.39. The van der Waals surface area contributed by atoms with Crippen LogP contribution in [-0.4, -0.2) is 47.4 Å². The number of benzene rings is 2. The van der Waals surface area contributed by atoms with E-state index in [0.29, 0.717) is 43.6 Å². The van der Waals surface area contributed by atoms with Crippen LogP contribution in [-0.2, 0) is 31.3 Å². The maximum atomic E-state index is 14.1. The Morgan fingerprint density at radius 1 is 1.08 bits per heavy atom. The molecule has 1 saturated heterocycles. The Morgan fingerprint density at radius 2 is 1.81 bits per heavy atom. The number of aryl methyl sites for hydroxylation is 1. The zero-order chi connectivity index (χ0) is 26.8. The van der Waals surface area contributed by atoms with Crippen LogP contribution in [0, 0.1) is 5.92 Å². The first-order valence-electron chi connectivity index (χ1n) is 13.2. The van der Waals surface area contributed by atoms with Gasteiger partial charge in [-0.3, -0.25) is 4.31 Å². The number of carbonyl (C=O) groups excluding carboxylic acids is 1. The third-order valence-corrected chi connectivity index (χ3v) is 9.32. The maximum Gasteiger partial charge on any atom is 0.341 e. The molecule has 1 atom stereocenters. The average Bonchev–Trinajstić information content (AvgIpc) is 2.90. The number of ether oxygens (including phenoxy) is 3. The molecule has 0 saturated carbocycles. The fraction of sp³-hybridized carbons (Fsp3) is 0.552. The molecule has 2 aromatic rings. The number of hydrogen-bond donors (Lipinski definition) is 0. The van der Waals surface area contributed by atoms with Gasteiger partial charge in [-0.15, -0.1) is 0 Å². The summed E-state index contributed by atoms with van der Waals surface area (Å²) in [7, 11) is -2.66. The van der Waals surface area contributed by atoms with E-state index >= 15 is 0 Å². The molecule has 2 aromatic carbocycles. The number of sulfonamides is 1. The van der Waals surface area contributed by atoms with Gasteiger partial charge in [0.1, 0.15) is 11.3 Å². The van der Waals surface area contributed by atoms with Gasteiger partial charge in [0.05, 0.1) is 24.3 Å². The monoisotopic (exact) mass is 529 g/mol. The molecule has 0 bridgehead atoms. The molecule has 0 spiro atoms. The Kier molecular flexibility index (Phi) is 8.19. The van der Waals surface area contributed by atoms with Crippen molar-refractivity contribution < 1.29 is 27.4 Å². The van der Waals surface area contributed by atoms with Crippen LogP contribution in [0.5, 0.6) is 5.75 Å². The van der Waals surface area contributed by atoms with Crippen molar-refractivity contribution in [1.82, 2.24) is 0 Å². The normalized spacial score (nSPS) is 18.8. The number of esters is 1. The van der Waals surface area contributed by atoms with Crippen LogP contribution in [0.4, 0.5) is 5.69 Å². The van der Waals surface area contributed by atoms with Gasteiger partial charge >= 0.3 is 5.97 Å². The zero-order valence-electron chi connectivity index (χ0n) is 22.6. The summed E-state index contributed by atoms with van der Waals surface area (Å²) in [6, 6.07) is 10.4. The lowest BCUT2D eigenvalue weighted by atomic mass is 9.84. The molecule has 0 radical (unpaired) electrons. The first kappa shape index (κ1) is 27.5. The van der Waals surface area contributed by atoms with Gasteiger partial charge in [0, 0.05) is 19.3 Å². The first-order chi connectivity index (χ1) is 17.6. The van der Waals surface area contributed by atoms with Gasteiger partial charge in [0.2, 0.25) is 0 Å². The summed E-state index contributed by atoms with van der Waals surface area (Å²) in [5.74, 6) is 0.0361. The minimum absolute atomic E-state index is 0.0315. The summed E-state index contributed by atoms with van der Waals surface area (Å²) in [4.78, 5) is 12.7. The molecule has 2 aliphatic rings. The molecule has 7 nitrogen and oxygen atoms in total. The van der Waals surface area contributed by atoms with Crippen molar-refractivity contribution in [3.8, 4) is 5.75 Å². The summed E-state index contributed by atoms with van der Waals surface area (Å²) in [6.07, 6.45) is 4.05. The van der Waals surface area contributed by atoms with Crippen LogP contribution in [0.3, 0.4) is 0 Å². The minimum atomic E-state index is -3.95. The topological polar surface area (TPSA) is 82.1 Å². The van der Waals surface area contributed by atoms with E-state index in [9.17, 15) is 13.2 Å². The molecule has 202 valence electrons. The summed E-state index contributed by atoms with van der Waals surface area (Å²) < 4.78 is 46.1. The van der Waals surface area contributed by atoms with Crippen molar-refractivity contribution in [3.63, 3.8) is 0 Å². The predicted octanol–water partition coefficient (Wildman–Crippen LogP) is 5.50. The molecule has 2 aliphatic heterocycles. The predicted molar refractivity (Wildman–Crippen MR) is 144 cm³/mol. The highest BCUT2D eigenvalue weighted by molar-refractivity contribution is 7.92. The average molecular weight is 530 g/mol. The Hall–Kier alpha value is -2.58. The van der Waals surface area contributed by atoms with Crippen molar-refractivity contribution in [2.75, 3.05) is 31.2 Å². The van der Waals surface area contributed by atoms with Crippen LogP contribution in [0.15, 0.2) is 41.3 Å². The fourth-order valence-electron chi connectivity index (χ4n) is 5.10. The van der Waals surface area contributed by atoms with E-state index < -0.39 is 16.0 Å². The number of methoxy groups -OCH3 is 1. The molecular formula is C29H39NO6S. The number of anilines is 1. The van der Waals surface area contributed by atoms with Crippen molar-refractivity contribution in [1.29, 1.82) is 0 Å². The molecule has 0 amide bonds. The number of rotatable bonds is 7. The molecule has 0 aliphatic carbocycles. The molecule has 1 fully saturated rings. The zero-order valence-corrected chi connectivity index (χ0v) is 23.4. The molecule has 4 rings (SSSR count). The second kappa shape index (κ2) is 11.0. The van der Waals surface area contributed by atoms with E-state index in [1.807, 2.05) is 19.1 Å². The van der Waals surface area contributed by atoms with Gasteiger partial charge < -0.3 is 14.2 Å². The van der Waals surface area contributed by atoms with E-state index in [1.165, 1.54) is 24.8 Å². The highest BCUT2D eigenvalue weighted by atomic mass is 32.2. The SMILES string of the molecule is CCC1CCc2cc(C(C)(C)C)ccc2N1S(=O)(=O)c1ccc(OCC2CCOCC2)c(C(=O)OC)c1. The largest absolute Gasteiger partial charge is 0.492 e. The summed E-state index contributed by atoms with van der Waals surface area (Å²) in [5.41, 5.74) is 3.01. The Balaban J connectivity index is 1.70. The van der Waals surface area contributed by atoms with Gasteiger partial charge in [-0.2, -0.15) is 0 Å². The van der Waals surface area contributed by atoms with E-state index in [4.69, 9.17) is 14.2 Å². The Bertz CT molecular complexity index is 1230. The summed E-state index contributed by atoms with van der Waals surface area (Å²) in [6.45, 7) is 10.3. The molecule has 1 unspecified atom stereocenters. The standard InChI is InChI=1S/C29H39NO6S/c1-6-23-9-7-21-17-22(29(2,3)4)8-11-26(21)30(23)37(32,33)24-10-12-27(25(18-24)28(31)34-5)36-19-20-13-15-35-16-14-20/h8,10-12,17-18,20,23H,6-7,9,13-16,19H2,1-5H3. The van der Waals surface area contributed by atoms with Gasteiger partial charge in [-0.05, 0) is 78.8 Å². The van der Waals surface area contributed by atoms with E-state index in [1.54, 1.807) is 10.4 Å². The van der Waals surface area contributed by atoms with Crippen LogP contribution in [0.2, 0.25) is 0 Å². The number of fused-ring (bicyclic) bond motifs is 1. The smallest absolute Gasteiger partial charge is 0.341 e. The number of nitrogens with zero attached hydrogens (tertiary/aromatic N) is 1. The fourth-order valence-corrected chi connectivity index (χ4v) is 6.92. The van der Waals surface area contributed by atoms with Crippen molar-refractivity contribution in [2.45, 2.75) is 76.2 Å². The van der Waals surface area contributed by atoms with E-state index in [0.717, 1.165) is 31.2 Å². The molecule has 2 heterocycles. The van der Waals surface area contributed by atoms with Gasteiger partial charge in [0.25, 0.3) is 10.0 Å². The molecule has 0 aromatic heterocycles. The van der Waals surface area contributed by atoms with Crippen LogP contribution in [0.1, 0.15) is 74.9 Å². The third kappa shape index (κ3) is 5.80. The second-order valence-corrected chi connectivity index (χ2v) is 12.8. The van der Waals surface area contributed by atoms with Gasteiger partial charge in [-0.25, -0.2) is 13.2 Å². The summed E-state index contributed by atoms with van der Waals surface area (Å²) >= 11 is 0. The van der Waals surface area contributed by atoms with Crippen LogP contribution < -0.4 is 9.04 Å². The van der Waals surface area contributed by atoms with E-state index in [2.05, 4.69) is 26.8 Å². The first-order valence-corrected chi connectivity index (χ1v) is 14.6. The Morgan fingerprint density at radius 3 is 2.46 bits per heavy atom. The quantitative estimate of drug-likeness (QED) is 0.441. The molecule has 8 heteroatoms. The second-order valence-electron chi connectivity index (χ2n) is 11.0. The molecule has 37 heavy (non-hydrogen) atoms. The highest BCUT2D eigenvalue weighted by Gasteiger charge is 2.36. The van der Waals surface area contributed by atoms with Crippen molar-refractivity contribution >= 4 is 21.7 Å². The molecular weight excluding hydrogens is 490 g/mol. The lowest BCUT2D eigenvalue weighted by molar-refractivity contribution is 0.0483. The number of carbonyl (C=O) groups is 1. The summed E-state index contributed by atoms with van der Waals surface area (Å²) in [5, 5.41) is 0. The van der Waals surface area contributed by atoms with Crippen molar-refractivity contribution in [2.24, 2.45) is 5.92 Å². The van der Waals surface area contributed by atoms with Crippen LogP contribution in [0.25, 0.3) is 0 Å². The van der Waals surface area contributed by atoms with Crippen LogP contribution >= 0.6 is 0 Å². The third-order valence-electron chi connectivity index (χ3n) is 7.46. The van der Waals surface area contributed by atoms with Gasteiger partial charge in [-0.1, -0.05) is 39.8 Å². The molecule has 0 N–H and O–H groups in total. The lowest BCUT2D eigenvalue weighted by Crippen LogP contribution is -2.43. The Labute approximate surface area is 221 Å². The number of hydrogen-bond acceptors (Lipinski definition) is 6. The lowest BCUT2D eigenvalue weighted by Gasteiger charge is -2.38. The van der Waals surface area contributed by atoms with Crippen molar-refractivity contribution in [3.05, 3.63) is 53.1 Å². The van der Waals surface area contributed by atoms with Gasteiger partial charge in [0.15, 0.2) is 0 Å². The maximum absolute atomic E-state index is 14.1.